The van der Waals surface area contributed by atoms with Crippen molar-refractivity contribution in [3.8, 4) is 0 Å². The molecular formula is C41H46N3O6S2+. The van der Waals surface area contributed by atoms with Crippen LogP contribution in [-0.2, 0) is 33.3 Å². The second-order valence-corrected chi connectivity index (χ2v) is 15.3. The Hall–Kier alpha value is -4.81. The zero-order chi connectivity index (χ0) is 37.5. The van der Waals surface area contributed by atoms with Crippen molar-refractivity contribution in [1.82, 2.24) is 0 Å². The molecule has 0 bridgehead atoms. The lowest BCUT2D eigenvalue weighted by atomic mass is 9.90. The smallest absolute Gasteiger partial charge is 0.294 e. The van der Waals surface area contributed by atoms with Gasteiger partial charge < -0.3 is 9.80 Å². The first-order valence-electron chi connectivity index (χ1n) is 17.4. The lowest BCUT2D eigenvalue weighted by Crippen LogP contribution is -2.22. The fourth-order valence-electron chi connectivity index (χ4n) is 6.35. The summed E-state index contributed by atoms with van der Waals surface area (Å²) in [7, 11) is -8.49. The first-order valence-corrected chi connectivity index (χ1v) is 20.3. The number of hydrogen-bond acceptors (Lipinski definition) is 6. The largest absolute Gasteiger partial charge is 0.372 e. The maximum atomic E-state index is 11.5. The quantitative estimate of drug-likeness (QED) is 0.100. The number of anilines is 2. The Labute approximate surface area is 308 Å². The second kappa shape index (κ2) is 16.7. The van der Waals surface area contributed by atoms with Crippen LogP contribution < -0.4 is 9.80 Å². The van der Waals surface area contributed by atoms with E-state index in [0.29, 0.717) is 13.1 Å². The summed E-state index contributed by atoms with van der Waals surface area (Å²) in [6.07, 6.45) is 8.48. The van der Waals surface area contributed by atoms with Gasteiger partial charge in [-0.3, -0.25) is 9.11 Å². The summed E-state index contributed by atoms with van der Waals surface area (Å²) in [5.41, 5.74) is 9.39. The van der Waals surface area contributed by atoms with E-state index < -0.39 is 20.2 Å². The SMILES string of the molecule is CCN(CC)c1ccc(C(=C2C=CC(=[N+](CC)Cc3ccc(S(=O)(=O)O)cc3)C=C2)c2ccc(N(CC)Cc3ccc(S(=O)(=O)O)cc3)cc2)cc1. The molecule has 1 aliphatic rings. The number of allylic oxidation sites excluding steroid dienone is 5. The summed E-state index contributed by atoms with van der Waals surface area (Å²) in [5, 5.41) is 0. The van der Waals surface area contributed by atoms with Gasteiger partial charge >= 0.3 is 0 Å². The highest BCUT2D eigenvalue weighted by Crippen LogP contribution is 2.33. The minimum atomic E-state index is -4.25. The molecule has 2 N–H and O–H groups in total. The normalized spacial score (nSPS) is 13.0. The highest BCUT2D eigenvalue weighted by atomic mass is 32.2. The molecule has 52 heavy (non-hydrogen) atoms. The van der Waals surface area contributed by atoms with E-state index in [-0.39, 0.29) is 9.79 Å². The molecule has 5 rings (SSSR count). The summed E-state index contributed by atoms with van der Waals surface area (Å²) in [6.45, 7) is 12.9. The van der Waals surface area contributed by atoms with Gasteiger partial charge in [-0.05, 0) is 116 Å². The monoisotopic (exact) mass is 740 g/mol. The van der Waals surface area contributed by atoms with Crippen LogP contribution in [0, 0.1) is 0 Å². The Balaban J connectivity index is 1.47. The van der Waals surface area contributed by atoms with Crippen LogP contribution in [0.2, 0.25) is 0 Å². The van der Waals surface area contributed by atoms with Gasteiger partial charge in [-0.15, -0.1) is 0 Å². The lowest BCUT2D eigenvalue weighted by Gasteiger charge is -2.24. The third-order valence-corrected chi connectivity index (χ3v) is 11.0. The van der Waals surface area contributed by atoms with Crippen molar-refractivity contribution in [2.75, 3.05) is 36.0 Å². The number of hydrogen-bond donors (Lipinski definition) is 2. The molecule has 0 aromatic heterocycles. The molecule has 4 aromatic carbocycles. The van der Waals surface area contributed by atoms with Gasteiger partial charge in [0.25, 0.3) is 20.2 Å². The van der Waals surface area contributed by atoms with Gasteiger partial charge in [0.2, 0.25) is 0 Å². The highest BCUT2D eigenvalue weighted by molar-refractivity contribution is 7.86. The van der Waals surface area contributed by atoms with Crippen LogP contribution in [0.4, 0.5) is 11.4 Å². The fourth-order valence-corrected chi connectivity index (χ4v) is 7.31. The first kappa shape index (κ1) is 38.4. The molecule has 4 aromatic rings. The van der Waals surface area contributed by atoms with Crippen LogP contribution in [0.1, 0.15) is 49.9 Å². The summed E-state index contributed by atoms with van der Waals surface area (Å²) in [4.78, 5) is 4.27. The predicted octanol–water partition coefficient (Wildman–Crippen LogP) is 7.65. The summed E-state index contributed by atoms with van der Waals surface area (Å²) in [5.74, 6) is 0. The summed E-state index contributed by atoms with van der Waals surface area (Å²) < 4.78 is 66.9. The van der Waals surface area contributed by atoms with E-state index in [9.17, 15) is 25.9 Å². The molecule has 11 heteroatoms. The number of nitrogens with zero attached hydrogens (tertiary/aromatic N) is 3. The zero-order valence-corrected chi connectivity index (χ0v) is 31.6. The number of benzene rings is 4. The van der Waals surface area contributed by atoms with Crippen LogP contribution in [-0.4, -0.2) is 62.4 Å². The van der Waals surface area contributed by atoms with E-state index in [0.717, 1.165) is 71.0 Å². The molecule has 0 saturated heterocycles. The van der Waals surface area contributed by atoms with Crippen molar-refractivity contribution in [2.24, 2.45) is 0 Å². The molecule has 0 heterocycles. The van der Waals surface area contributed by atoms with Crippen LogP contribution in [0.25, 0.3) is 5.57 Å². The standard InChI is InChI=1S/C41H45N3O6S2/c1-5-42(6-2)36-19-13-33(14-20-36)41(34-15-21-37(22-16-34)43(7-3)29-31-9-25-39(26-10-31)51(45,46)47)35-17-23-38(24-18-35)44(8-4)30-32-11-27-40(28-12-32)52(48,49)50/h9-28H,5-8,29-30H2,1-4H3,(H-,45,46,47,48,49,50)/p+1. The van der Waals surface area contributed by atoms with Gasteiger partial charge in [0.05, 0.1) is 9.79 Å². The van der Waals surface area contributed by atoms with E-state index in [1.54, 1.807) is 24.3 Å². The molecule has 0 unspecified atom stereocenters. The van der Waals surface area contributed by atoms with Crippen LogP contribution in [0.3, 0.4) is 0 Å². The third-order valence-electron chi connectivity index (χ3n) is 9.28. The molecule has 0 saturated carbocycles. The topological polar surface area (TPSA) is 118 Å². The third kappa shape index (κ3) is 9.34. The van der Waals surface area contributed by atoms with Crippen LogP contribution >= 0.6 is 0 Å². The van der Waals surface area contributed by atoms with Gasteiger partial charge in [0.1, 0.15) is 6.54 Å². The van der Waals surface area contributed by atoms with Gasteiger partial charge in [0.15, 0.2) is 12.3 Å². The Bertz CT molecular complexity index is 2180. The molecular weight excluding hydrogens is 695 g/mol. The molecule has 0 radical (unpaired) electrons. The Morgan fingerprint density at radius 3 is 1.38 bits per heavy atom. The van der Waals surface area contributed by atoms with Gasteiger partial charge in [-0.1, -0.05) is 48.5 Å². The molecule has 0 spiro atoms. The van der Waals surface area contributed by atoms with E-state index in [2.05, 4.69) is 115 Å². The minimum Gasteiger partial charge on any atom is -0.372 e. The molecule has 9 nitrogen and oxygen atoms in total. The minimum absolute atomic E-state index is 0.125. The predicted molar refractivity (Wildman–Crippen MR) is 209 cm³/mol. The Kier molecular flexibility index (Phi) is 12.3. The zero-order valence-electron chi connectivity index (χ0n) is 30.0. The van der Waals surface area contributed by atoms with E-state index in [4.69, 9.17) is 0 Å². The van der Waals surface area contributed by atoms with E-state index in [1.807, 2.05) is 0 Å². The molecule has 0 fully saturated rings. The van der Waals surface area contributed by atoms with Gasteiger partial charge in [0, 0.05) is 55.3 Å². The Morgan fingerprint density at radius 2 is 0.981 bits per heavy atom. The average Bonchev–Trinajstić information content (AvgIpc) is 3.14. The van der Waals surface area contributed by atoms with Crippen molar-refractivity contribution >= 4 is 42.9 Å². The van der Waals surface area contributed by atoms with Gasteiger partial charge in [-0.2, -0.15) is 16.8 Å². The molecule has 0 amide bonds. The van der Waals surface area contributed by atoms with E-state index >= 15 is 0 Å². The highest BCUT2D eigenvalue weighted by Gasteiger charge is 2.18. The van der Waals surface area contributed by atoms with E-state index in [1.165, 1.54) is 30.0 Å². The summed E-state index contributed by atoms with van der Waals surface area (Å²) in [6, 6.07) is 29.7. The molecule has 1 aliphatic carbocycles. The average molecular weight is 741 g/mol. The maximum Gasteiger partial charge on any atom is 0.294 e. The van der Waals surface area contributed by atoms with Crippen LogP contribution in [0.15, 0.2) is 137 Å². The molecule has 0 aliphatic heterocycles. The number of rotatable bonds is 14. The lowest BCUT2D eigenvalue weighted by molar-refractivity contribution is -0.539. The summed E-state index contributed by atoms with van der Waals surface area (Å²) >= 11 is 0. The first-order chi connectivity index (χ1) is 24.8. The van der Waals surface area contributed by atoms with Crippen molar-refractivity contribution in [2.45, 2.75) is 50.6 Å². The van der Waals surface area contributed by atoms with Crippen molar-refractivity contribution in [3.05, 3.63) is 149 Å². The van der Waals surface area contributed by atoms with Gasteiger partial charge in [-0.25, -0.2) is 4.58 Å². The van der Waals surface area contributed by atoms with Crippen LogP contribution in [0.5, 0.6) is 0 Å². The van der Waals surface area contributed by atoms with Crippen molar-refractivity contribution in [3.63, 3.8) is 0 Å². The molecule has 0 atom stereocenters. The Morgan fingerprint density at radius 1 is 0.558 bits per heavy atom. The van der Waals surface area contributed by atoms with Crippen molar-refractivity contribution in [1.29, 1.82) is 0 Å². The van der Waals surface area contributed by atoms with Crippen molar-refractivity contribution < 1.29 is 30.5 Å². The molecule has 272 valence electrons. The second-order valence-electron chi connectivity index (χ2n) is 12.5. The maximum absolute atomic E-state index is 11.5. The fraction of sp³-hybridized carbons (Fsp3) is 0.244.